The van der Waals surface area contributed by atoms with E-state index < -0.39 is 0 Å². The van der Waals surface area contributed by atoms with Crippen LogP contribution in [0.25, 0.3) is 0 Å². The van der Waals surface area contributed by atoms with Crippen LogP contribution in [0.15, 0.2) is 36.7 Å². The van der Waals surface area contributed by atoms with Gasteiger partial charge in [-0.3, -0.25) is 9.78 Å². The third-order valence-corrected chi connectivity index (χ3v) is 4.16. The number of ether oxygens (including phenoxy) is 1. The molecule has 0 aliphatic rings. The number of nitrogens with zero attached hydrogens (tertiary/aromatic N) is 2. The molecule has 4 nitrogen and oxygen atoms in total. The standard InChI is InChI=1S/C18H21ClN2O2/c1-13-10-17(23-3)16(19)11-15(13)12-18(22)21(2)9-6-14-4-7-20-8-5-14/h4-5,7-8,10-11H,6,9,12H2,1-3H3. The minimum Gasteiger partial charge on any atom is -0.495 e. The first-order valence-electron chi connectivity index (χ1n) is 7.47. The predicted molar refractivity (Wildman–Crippen MR) is 92.0 cm³/mol. The molecule has 122 valence electrons. The van der Waals surface area contributed by atoms with E-state index in [1.807, 2.05) is 38.2 Å². The lowest BCUT2D eigenvalue weighted by molar-refractivity contribution is -0.129. The van der Waals surface area contributed by atoms with Gasteiger partial charge in [0.2, 0.25) is 5.91 Å². The second kappa shape index (κ2) is 7.97. The summed E-state index contributed by atoms with van der Waals surface area (Å²) >= 11 is 6.15. The Balaban J connectivity index is 1.97. The summed E-state index contributed by atoms with van der Waals surface area (Å²) in [6.45, 7) is 2.63. The van der Waals surface area contributed by atoms with Gasteiger partial charge in [-0.2, -0.15) is 0 Å². The highest BCUT2D eigenvalue weighted by molar-refractivity contribution is 6.32. The van der Waals surface area contributed by atoms with E-state index in [1.165, 1.54) is 5.56 Å². The highest BCUT2D eigenvalue weighted by Crippen LogP contribution is 2.28. The second-order valence-electron chi connectivity index (χ2n) is 5.51. The molecule has 0 aliphatic heterocycles. The first kappa shape index (κ1) is 17.3. The summed E-state index contributed by atoms with van der Waals surface area (Å²) in [6.07, 6.45) is 4.68. The van der Waals surface area contributed by atoms with Gasteiger partial charge in [0.15, 0.2) is 0 Å². The molecule has 1 aromatic carbocycles. The number of rotatable bonds is 6. The topological polar surface area (TPSA) is 42.4 Å². The summed E-state index contributed by atoms with van der Waals surface area (Å²) in [7, 11) is 3.41. The summed E-state index contributed by atoms with van der Waals surface area (Å²) in [5.74, 6) is 0.704. The van der Waals surface area contributed by atoms with E-state index in [4.69, 9.17) is 16.3 Å². The van der Waals surface area contributed by atoms with E-state index in [0.717, 1.165) is 17.5 Å². The molecule has 0 bridgehead atoms. The Kier molecular flexibility index (Phi) is 5.99. The molecule has 0 spiro atoms. The maximum atomic E-state index is 12.4. The van der Waals surface area contributed by atoms with Gasteiger partial charge in [-0.15, -0.1) is 0 Å². The Hall–Kier alpha value is -2.07. The summed E-state index contributed by atoms with van der Waals surface area (Å²) < 4.78 is 5.19. The second-order valence-corrected chi connectivity index (χ2v) is 5.92. The summed E-state index contributed by atoms with van der Waals surface area (Å²) in [4.78, 5) is 18.1. The van der Waals surface area contributed by atoms with E-state index in [0.29, 0.717) is 23.7 Å². The average molecular weight is 333 g/mol. The number of benzene rings is 1. The summed E-state index contributed by atoms with van der Waals surface area (Å²) in [6, 6.07) is 7.60. The van der Waals surface area contributed by atoms with E-state index in [2.05, 4.69) is 4.98 Å². The van der Waals surface area contributed by atoms with Gasteiger partial charge in [-0.1, -0.05) is 11.6 Å². The number of carbonyl (C=O) groups excluding carboxylic acids is 1. The molecule has 1 aromatic heterocycles. The number of halogens is 1. The van der Waals surface area contributed by atoms with Crippen LogP contribution in [-0.2, 0) is 17.6 Å². The van der Waals surface area contributed by atoms with Crippen molar-refractivity contribution in [3.05, 3.63) is 58.4 Å². The Morgan fingerprint density at radius 2 is 2.00 bits per heavy atom. The fraction of sp³-hybridized carbons (Fsp3) is 0.333. The quantitative estimate of drug-likeness (QED) is 0.815. The zero-order chi connectivity index (χ0) is 16.8. The summed E-state index contributed by atoms with van der Waals surface area (Å²) in [5.41, 5.74) is 3.10. The van der Waals surface area contributed by atoms with Gasteiger partial charge in [0.05, 0.1) is 18.6 Å². The number of aryl methyl sites for hydroxylation is 1. The lowest BCUT2D eigenvalue weighted by Gasteiger charge is -2.18. The first-order valence-corrected chi connectivity index (χ1v) is 7.85. The molecular formula is C18H21ClN2O2. The zero-order valence-electron chi connectivity index (χ0n) is 13.7. The molecule has 0 aliphatic carbocycles. The Bertz CT molecular complexity index is 674. The van der Waals surface area contributed by atoms with E-state index in [-0.39, 0.29) is 5.91 Å². The molecule has 2 aromatic rings. The Morgan fingerprint density at radius 3 is 2.65 bits per heavy atom. The minimum absolute atomic E-state index is 0.0726. The fourth-order valence-corrected chi connectivity index (χ4v) is 2.58. The van der Waals surface area contributed by atoms with Gasteiger partial charge >= 0.3 is 0 Å². The molecular weight excluding hydrogens is 312 g/mol. The minimum atomic E-state index is 0.0726. The molecule has 0 saturated heterocycles. The third-order valence-electron chi connectivity index (χ3n) is 3.86. The summed E-state index contributed by atoms with van der Waals surface area (Å²) in [5, 5.41) is 0.528. The lowest BCUT2D eigenvalue weighted by Crippen LogP contribution is -2.30. The molecule has 2 rings (SSSR count). The van der Waals surface area contributed by atoms with Crippen LogP contribution >= 0.6 is 11.6 Å². The third kappa shape index (κ3) is 4.70. The van der Waals surface area contributed by atoms with E-state index >= 15 is 0 Å². The van der Waals surface area contributed by atoms with Crippen LogP contribution in [0.2, 0.25) is 5.02 Å². The molecule has 0 atom stereocenters. The van der Waals surface area contributed by atoms with Gasteiger partial charge in [0.25, 0.3) is 0 Å². The molecule has 1 heterocycles. The normalized spacial score (nSPS) is 10.4. The SMILES string of the molecule is COc1cc(C)c(CC(=O)N(C)CCc2ccncc2)cc1Cl. The highest BCUT2D eigenvalue weighted by atomic mass is 35.5. The molecule has 1 amide bonds. The largest absolute Gasteiger partial charge is 0.495 e. The highest BCUT2D eigenvalue weighted by Gasteiger charge is 2.13. The molecule has 0 fully saturated rings. The van der Waals surface area contributed by atoms with Crippen molar-refractivity contribution in [1.29, 1.82) is 0 Å². The molecule has 23 heavy (non-hydrogen) atoms. The number of aromatic nitrogens is 1. The maximum Gasteiger partial charge on any atom is 0.226 e. The molecule has 0 unspecified atom stereocenters. The molecule has 0 radical (unpaired) electrons. The number of likely N-dealkylation sites (N-methyl/N-ethyl adjacent to an activating group) is 1. The zero-order valence-corrected chi connectivity index (χ0v) is 14.4. The number of pyridine rings is 1. The lowest BCUT2D eigenvalue weighted by atomic mass is 10.0. The number of hydrogen-bond donors (Lipinski definition) is 0. The number of carbonyl (C=O) groups is 1. The van der Waals surface area contributed by atoms with Gasteiger partial charge in [0, 0.05) is 26.0 Å². The van der Waals surface area contributed by atoms with Gasteiger partial charge in [-0.05, 0) is 54.3 Å². The van der Waals surface area contributed by atoms with Crippen molar-refractivity contribution in [2.24, 2.45) is 0 Å². The monoisotopic (exact) mass is 332 g/mol. The van der Waals surface area contributed by atoms with Gasteiger partial charge in [-0.25, -0.2) is 0 Å². The smallest absolute Gasteiger partial charge is 0.226 e. The Morgan fingerprint density at radius 1 is 1.30 bits per heavy atom. The van der Waals surface area contributed by atoms with Crippen LogP contribution in [0.3, 0.4) is 0 Å². The molecule has 0 N–H and O–H groups in total. The number of amides is 1. The van der Waals surface area contributed by atoms with Crippen molar-refractivity contribution in [2.45, 2.75) is 19.8 Å². The van der Waals surface area contributed by atoms with E-state index in [1.54, 1.807) is 24.4 Å². The Labute approximate surface area is 142 Å². The van der Waals surface area contributed by atoms with Crippen molar-refractivity contribution >= 4 is 17.5 Å². The van der Waals surface area contributed by atoms with Crippen LogP contribution < -0.4 is 4.74 Å². The van der Waals surface area contributed by atoms with Crippen LogP contribution in [0, 0.1) is 6.92 Å². The molecule has 0 saturated carbocycles. The van der Waals surface area contributed by atoms with Crippen molar-refractivity contribution in [3.63, 3.8) is 0 Å². The van der Waals surface area contributed by atoms with Gasteiger partial charge in [0.1, 0.15) is 5.75 Å². The van der Waals surface area contributed by atoms with E-state index in [9.17, 15) is 4.79 Å². The number of methoxy groups -OCH3 is 1. The fourth-order valence-electron chi connectivity index (χ4n) is 2.31. The van der Waals surface area contributed by atoms with Crippen LogP contribution in [0.1, 0.15) is 16.7 Å². The van der Waals surface area contributed by atoms with Crippen molar-refractivity contribution in [3.8, 4) is 5.75 Å². The maximum absolute atomic E-state index is 12.4. The van der Waals surface area contributed by atoms with Crippen molar-refractivity contribution < 1.29 is 9.53 Å². The van der Waals surface area contributed by atoms with Gasteiger partial charge < -0.3 is 9.64 Å². The van der Waals surface area contributed by atoms with Crippen LogP contribution in [0.5, 0.6) is 5.75 Å². The number of hydrogen-bond acceptors (Lipinski definition) is 3. The van der Waals surface area contributed by atoms with Crippen molar-refractivity contribution in [1.82, 2.24) is 9.88 Å². The predicted octanol–water partition coefficient (Wildman–Crippen LogP) is 3.30. The van der Waals surface area contributed by atoms with Crippen molar-refractivity contribution in [2.75, 3.05) is 20.7 Å². The molecule has 5 heteroatoms. The first-order chi connectivity index (χ1) is 11.0. The van der Waals surface area contributed by atoms with Crippen LogP contribution in [0.4, 0.5) is 0 Å². The van der Waals surface area contributed by atoms with Crippen LogP contribution in [-0.4, -0.2) is 36.5 Å². The average Bonchev–Trinajstić information content (AvgIpc) is 2.56.